The molecular weight excluding hydrogens is 777 g/mol. The molecule has 4 aliphatic rings. The molecule has 10 nitrogen and oxygen atoms in total. The molecule has 4 N–H and O–H groups in total. The van der Waals surface area contributed by atoms with Crippen LogP contribution >= 0.6 is 0 Å². The molecule has 44 heavy (non-hydrogen) atoms. The van der Waals surface area contributed by atoms with E-state index < -0.39 is 12.3 Å². The van der Waals surface area contributed by atoms with E-state index in [4.69, 9.17) is 14.2 Å². The Kier molecular flexibility index (Phi) is 8.57. The number of fused-ring (bicyclic) bond motifs is 9. The van der Waals surface area contributed by atoms with Crippen LogP contribution in [0.4, 0.5) is 0 Å². The number of aliphatic hydroxyl groups excluding tert-OH is 1. The predicted octanol–water partition coefficient (Wildman–Crippen LogP) is 3.01. The van der Waals surface area contributed by atoms with E-state index in [1.54, 1.807) is 14.0 Å². The van der Waals surface area contributed by atoms with E-state index >= 15 is 0 Å². The maximum atomic E-state index is 13.2. The molecule has 11 heteroatoms. The normalized spacial score (nSPS) is 24.9. The van der Waals surface area contributed by atoms with E-state index in [1.165, 1.54) is 0 Å². The predicted molar refractivity (Wildman–Crippen MR) is 158 cm³/mol. The maximum absolute atomic E-state index is 13.2. The van der Waals surface area contributed by atoms with Gasteiger partial charge in [0, 0.05) is 78.9 Å². The van der Waals surface area contributed by atoms with Gasteiger partial charge < -0.3 is 34.8 Å². The number of aryl methyl sites for hydroxylation is 1. The third-order valence-corrected chi connectivity index (χ3v) is 9.82. The number of carbonyl (C=O) groups excluding carboxylic acids is 1. The van der Waals surface area contributed by atoms with Gasteiger partial charge >= 0.3 is 0 Å². The van der Waals surface area contributed by atoms with Gasteiger partial charge in [-0.05, 0) is 50.4 Å². The van der Waals surface area contributed by atoms with Crippen LogP contribution in [0, 0.1) is 57.9 Å². The van der Waals surface area contributed by atoms with Gasteiger partial charge in [0.25, 0.3) is 0 Å². The molecule has 7 rings (SSSR count). The van der Waals surface area contributed by atoms with Gasteiger partial charge in [-0.2, -0.15) is 0 Å². The summed E-state index contributed by atoms with van der Waals surface area (Å²) in [5.41, 5.74) is 5.51. The number of piperazine rings is 1. The number of amides is 1. The summed E-state index contributed by atoms with van der Waals surface area (Å²) in [6.07, 6.45) is 0.245. The third kappa shape index (κ3) is 4.78. The first-order chi connectivity index (χ1) is 20.7. The average Bonchev–Trinajstić information content (AvgIpc) is 3.48. The third-order valence-electron chi connectivity index (χ3n) is 9.82. The molecule has 229 valence electrons. The molecule has 0 aliphatic carbocycles. The van der Waals surface area contributed by atoms with E-state index in [0.717, 1.165) is 27.8 Å². The van der Waals surface area contributed by atoms with Crippen molar-refractivity contribution in [2.45, 2.75) is 63.5 Å². The van der Waals surface area contributed by atoms with Crippen LogP contribution in [0.2, 0.25) is 0 Å². The van der Waals surface area contributed by atoms with Crippen molar-refractivity contribution >= 4 is 5.91 Å². The molecular formula is C33H37AcN3O7. The van der Waals surface area contributed by atoms with Crippen molar-refractivity contribution in [2.75, 3.05) is 27.5 Å². The summed E-state index contributed by atoms with van der Waals surface area (Å²) >= 11 is 0. The number of aromatic hydroxyl groups is 2. The van der Waals surface area contributed by atoms with Crippen LogP contribution in [0.25, 0.3) is 0 Å². The topological polar surface area (TPSA) is 124 Å². The quantitative estimate of drug-likeness (QED) is 0.308. The fourth-order valence-electron chi connectivity index (χ4n) is 7.91. The molecule has 1 amide bonds. The van der Waals surface area contributed by atoms with Crippen LogP contribution in [0.5, 0.6) is 28.7 Å². The van der Waals surface area contributed by atoms with Crippen LogP contribution < -0.4 is 19.5 Å². The molecule has 5 atom stereocenters. The number of phenolic OH excluding ortho intramolecular Hbond substituents is 2. The van der Waals surface area contributed by atoms with E-state index in [2.05, 4.69) is 10.2 Å². The van der Waals surface area contributed by atoms with Gasteiger partial charge in [-0.15, -0.1) is 0 Å². The summed E-state index contributed by atoms with van der Waals surface area (Å²) in [4.78, 5) is 17.4. The molecule has 1 unspecified atom stereocenters. The second kappa shape index (κ2) is 12.0. The van der Waals surface area contributed by atoms with Crippen molar-refractivity contribution in [1.29, 1.82) is 0 Å². The van der Waals surface area contributed by atoms with Crippen LogP contribution in [-0.2, 0) is 24.1 Å². The SMILES string of the molecule is COc1c(C)cc2c(c1O)[C@@H]1C3Cc4c(O)c(C)c5c(c4[C@H](CNC(=O)Cc4ccccc4)N3[C@@H](O)[C@H](C2)N1C)OCO5.[Ac]. The Balaban J connectivity index is 0.00000343. The van der Waals surface area contributed by atoms with E-state index in [0.29, 0.717) is 41.2 Å². The number of likely N-dealkylation sites (N-methyl/N-ethyl adjacent to an activating group) is 1. The smallest absolute Gasteiger partial charge is 0.231 e. The molecule has 4 heterocycles. The number of carbonyl (C=O) groups is 1. The Morgan fingerprint density at radius 3 is 2.50 bits per heavy atom. The van der Waals surface area contributed by atoms with Gasteiger partial charge in [0.15, 0.2) is 23.0 Å². The summed E-state index contributed by atoms with van der Waals surface area (Å²) in [6.45, 7) is 3.92. The molecule has 1 fully saturated rings. The van der Waals surface area contributed by atoms with Gasteiger partial charge in [0.1, 0.15) is 12.0 Å². The number of methoxy groups -OCH3 is 1. The second-order valence-corrected chi connectivity index (χ2v) is 12.1. The number of hydrogen-bond donors (Lipinski definition) is 4. The van der Waals surface area contributed by atoms with Crippen LogP contribution in [0.3, 0.4) is 0 Å². The molecule has 0 spiro atoms. The van der Waals surface area contributed by atoms with E-state index in [-0.39, 0.29) is 99.4 Å². The molecule has 3 aromatic rings. The second-order valence-electron chi connectivity index (χ2n) is 12.1. The number of hydrogen-bond acceptors (Lipinski definition) is 9. The number of nitrogens with one attached hydrogen (secondary N) is 1. The zero-order valence-electron chi connectivity index (χ0n) is 25.3. The first kappa shape index (κ1) is 31.4. The number of nitrogens with zero attached hydrogens (tertiary/aromatic N) is 2. The van der Waals surface area contributed by atoms with Gasteiger partial charge in [0.05, 0.1) is 31.7 Å². The van der Waals surface area contributed by atoms with Gasteiger partial charge in [-0.3, -0.25) is 14.6 Å². The fraction of sp³-hybridized carbons (Fsp3) is 0.424. The molecule has 1 radical (unpaired) electrons. The first-order valence-corrected chi connectivity index (χ1v) is 14.7. The standard InChI is InChI=1S/C33H37N3O7.Ac/c1-16-10-19-12-22-33(40)36-21(27(35(22)3)25(19)29(39)30(16)41-4)13-20-26(32-31(42-15-43-32)17(2)28(20)38)23(36)14-34-24(37)11-18-8-6-5-7-9-18;/h5-10,21-23,27,33,38-40H,11-15H2,1-4H3,(H,34,37);/t21?,22-,23-,27-,33-;/m0./s1. The minimum absolute atomic E-state index is 0. The summed E-state index contributed by atoms with van der Waals surface area (Å²) in [5.74, 6) is 1.55. The number of rotatable bonds is 5. The fourth-order valence-corrected chi connectivity index (χ4v) is 7.91. The minimum atomic E-state index is -0.894. The summed E-state index contributed by atoms with van der Waals surface area (Å²) < 4.78 is 17.4. The van der Waals surface area contributed by atoms with Crippen LogP contribution in [-0.4, -0.2) is 76.8 Å². The van der Waals surface area contributed by atoms with Crippen molar-refractivity contribution in [3.05, 3.63) is 75.3 Å². The number of benzene rings is 3. The zero-order valence-corrected chi connectivity index (χ0v) is 30.1. The Bertz CT molecular complexity index is 1620. The van der Waals surface area contributed by atoms with Crippen molar-refractivity contribution in [1.82, 2.24) is 15.1 Å². The van der Waals surface area contributed by atoms with Gasteiger partial charge in [-0.25, -0.2) is 0 Å². The summed E-state index contributed by atoms with van der Waals surface area (Å²) in [5, 5.41) is 38.2. The average molecular weight is 815 g/mol. The molecule has 3 aromatic carbocycles. The van der Waals surface area contributed by atoms with Crippen LogP contribution in [0.15, 0.2) is 36.4 Å². The summed E-state index contributed by atoms with van der Waals surface area (Å²) in [6, 6.07) is 10.1. The first-order valence-electron chi connectivity index (χ1n) is 14.7. The van der Waals surface area contributed by atoms with Gasteiger partial charge in [-0.1, -0.05) is 36.4 Å². The number of ether oxygens (including phenoxy) is 3. The van der Waals surface area contributed by atoms with Crippen molar-refractivity contribution in [3.63, 3.8) is 0 Å². The van der Waals surface area contributed by atoms with Crippen molar-refractivity contribution < 1.29 is 78.4 Å². The van der Waals surface area contributed by atoms with Crippen molar-refractivity contribution in [3.8, 4) is 28.7 Å². The van der Waals surface area contributed by atoms with Crippen LogP contribution in [0.1, 0.15) is 51.0 Å². The number of aliphatic hydroxyl groups is 1. The van der Waals surface area contributed by atoms with Gasteiger partial charge in [0.2, 0.25) is 12.7 Å². The van der Waals surface area contributed by atoms with E-state index in [1.807, 2.05) is 55.3 Å². The molecule has 2 bridgehead atoms. The minimum Gasteiger partial charge on any atom is -0.507 e. The van der Waals surface area contributed by atoms with E-state index in [9.17, 15) is 20.1 Å². The molecule has 4 aliphatic heterocycles. The monoisotopic (exact) mass is 814 g/mol. The Morgan fingerprint density at radius 1 is 1.05 bits per heavy atom. The Morgan fingerprint density at radius 2 is 1.77 bits per heavy atom. The number of phenols is 2. The van der Waals surface area contributed by atoms with Crippen molar-refractivity contribution in [2.24, 2.45) is 0 Å². The molecule has 0 aromatic heterocycles. The Hall–Kier alpha value is -2.55. The Labute approximate surface area is 292 Å². The molecule has 0 saturated carbocycles. The molecule has 1 saturated heterocycles. The zero-order chi connectivity index (χ0) is 30.2. The largest absolute Gasteiger partial charge is 0.507 e. The summed E-state index contributed by atoms with van der Waals surface area (Å²) in [7, 11) is 3.52. The maximum Gasteiger partial charge on any atom is 0.231 e.